The predicted octanol–water partition coefficient (Wildman–Crippen LogP) is 3.92. The summed E-state index contributed by atoms with van der Waals surface area (Å²) in [7, 11) is 1.71. The van der Waals surface area contributed by atoms with E-state index in [9.17, 15) is 0 Å². The standard InChI is InChI=1S/C16H25NO/c1-4-16(17-14-8-5-12(2)11-14)13-6-9-15(18-3)10-7-13/h6-7,9-10,12,14,16-17H,4-5,8,11H2,1-3H3. The first-order valence-electron chi connectivity index (χ1n) is 7.13. The second-order valence-electron chi connectivity index (χ2n) is 5.52. The Bertz CT molecular complexity index is 360. The Kier molecular flexibility index (Phi) is 4.65. The fraction of sp³-hybridized carbons (Fsp3) is 0.625. The molecule has 1 aliphatic rings. The van der Waals surface area contributed by atoms with Gasteiger partial charge in [0.1, 0.15) is 5.75 Å². The lowest BCUT2D eigenvalue weighted by atomic mass is 10.0. The Hall–Kier alpha value is -1.02. The highest BCUT2D eigenvalue weighted by molar-refractivity contribution is 5.29. The molecule has 0 saturated heterocycles. The average Bonchev–Trinajstić information content (AvgIpc) is 2.82. The van der Waals surface area contributed by atoms with E-state index in [4.69, 9.17) is 4.74 Å². The van der Waals surface area contributed by atoms with Gasteiger partial charge in [0.15, 0.2) is 0 Å². The molecular weight excluding hydrogens is 222 g/mol. The van der Waals surface area contributed by atoms with Gasteiger partial charge in [0.05, 0.1) is 7.11 Å². The number of benzene rings is 1. The Morgan fingerprint density at radius 1 is 1.28 bits per heavy atom. The van der Waals surface area contributed by atoms with E-state index in [0.717, 1.165) is 18.1 Å². The minimum absolute atomic E-state index is 0.478. The lowest BCUT2D eigenvalue weighted by Crippen LogP contribution is -2.30. The molecule has 0 amide bonds. The molecule has 18 heavy (non-hydrogen) atoms. The Labute approximate surface area is 111 Å². The molecule has 1 aromatic carbocycles. The van der Waals surface area contributed by atoms with E-state index in [1.165, 1.54) is 24.8 Å². The van der Waals surface area contributed by atoms with Gasteiger partial charge in [-0.2, -0.15) is 0 Å². The molecule has 100 valence electrons. The van der Waals surface area contributed by atoms with Crippen molar-refractivity contribution in [1.82, 2.24) is 5.32 Å². The summed E-state index contributed by atoms with van der Waals surface area (Å²) < 4.78 is 5.21. The first-order valence-corrected chi connectivity index (χ1v) is 7.13. The number of rotatable bonds is 5. The molecule has 1 aliphatic carbocycles. The first kappa shape index (κ1) is 13.4. The third-order valence-corrected chi connectivity index (χ3v) is 4.06. The zero-order valence-electron chi connectivity index (χ0n) is 11.8. The smallest absolute Gasteiger partial charge is 0.118 e. The summed E-state index contributed by atoms with van der Waals surface area (Å²) in [6.45, 7) is 4.61. The third kappa shape index (κ3) is 3.26. The highest BCUT2D eigenvalue weighted by Crippen LogP contribution is 2.28. The number of methoxy groups -OCH3 is 1. The molecular formula is C16H25NO. The van der Waals surface area contributed by atoms with E-state index in [2.05, 4.69) is 43.4 Å². The monoisotopic (exact) mass is 247 g/mol. The summed E-state index contributed by atoms with van der Waals surface area (Å²) in [5.41, 5.74) is 1.37. The van der Waals surface area contributed by atoms with Crippen LogP contribution in [0.25, 0.3) is 0 Å². The van der Waals surface area contributed by atoms with Gasteiger partial charge >= 0.3 is 0 Å². The largest absolute Gasteiger partial charge is 0.497 e. The van der Waals surface area contributed by atoms with Crippen LogP contribution in [0.15, 0.2) is 24.3 Å². The van der Waals surface area contributed by atoms with Crippen molar-refractivity contribution in [3.05, 3.63) is 29.8 Å². The first-order chi connectivity index (χ1) is 8.72. The van der Waals surface area contributed by atoms with Gasteiger partial charge in [-0.3, -0.25) is 0 Å². The van der Waals surface area contributed by atoms with Crippen LogP contribution in [0.2, 0.25) is 0 Å². The summed E-state index contributed by atoms with van der Waals surface area (Å²) in [5, 5.41) is 3.81. The second kappa shape index (κ2) is 6.24. The zero-order chi connectivity index (χ0) is 13.0. The van der Waals surface area contributed by atoms with Crippen molar-refractivity contribution in [2.45, 2.75) is 51.6 Å². The van der Waals surface area contributed by atoms with Crippen LogP contribution in [0.1, 0.15) is 51.1 Å². The van der Waals surface area contributed by atoms with Gasteiger partial charge in [-0.1, -0.05) is 26.0 Å². The second-order valence-corrected chi connectivity index (χ2v) is 5.52. The number of hydrogen-bond acceptors (Lipinski definition) is 2. The van der Waals surface area contributed by atoms with E-state index >= 15 is 0 Å². The SMILES string of the molecule is CCC(NC1CCC(C)C1)c1ccc(OC)cc1. The Morgan fingerprint density at radius 3 is 2.50 bits per heavy atom. The maximum atomic E-state index is 5.21. The van der Waals surface area contributed by atoms with Crippen LogP contribution in [-0.2, 0) is 0 Å². The van der Waals surface area contributed by atoms with Crippen molar-refractivity contribution < 1.29 is 4.74 Å². The molecule has 0 radical (unpaired) electrons. The number of hydrogen-bond donors (Lipinski definition) is 1. The fourth-order valence-electron chi connectivity index (χ4n) is 2.93. The maximum absolute atomic E-state index is 5.21. The lowest BCUT2D eigenvalue weighted by Gasteiger charge is -2.22. The van der Waals surface area contributed by atoms with Gasteiger partial charge in [-0.25, -0.2) is 0 Å². The van der Waals surface area contributed by atoms with Crippen LogP contribution in [0.5, 0.6) is 5.75 Å². The third-order valence-electron chi connectivity index (χ3n) is 4.06. The number of nitrogens with one attached hydrogen (secondary N) is 1. The lowest BCUT2D eigenvalue weighted by molar-refractivity contribution is 0.410. The summed E-state index contributed by atoms with van der Waals surface area (Å²) >= 11 is 0. The van der Waals surface area contributed by atoms with Crippen LogP contribution in [0, 0.1) is 5.92 Å². The van der Waals surface area contributed by atoms with E-state index in [-0.39, 0.29) is 0 Å². The van der Waals surface area contributed by atoms with Crippen LogP contribution in [-0.4, -0.2) is 13.2 Å². The highest BCUT2D eigenvalue weighted by atomic mass is 16.5. The predicted molar refractivity (Wildman–Crippen MR) is 76.0 cm³/mol. The van der Waals surface area contributed by atoms with E-state index in [1.807, 2.05) is 0 Å². The average molecular weight is 247 g/mol. The molecule has 0 spiro atoms. The van der Waals surface area contributed by atoms with E-state index in [1.54, 1.807) is 7.11 Å². The van der Waals surface area contributed by atoms with Crippen LogP contribution < -0.4 is 10.1 Å². The molecule has 2 nitrogen and oxygen atoms in total. The van der Waals surface area contributed by atoms with Crippen molar-refractivity contribution >= 4 is 0 Å². The van der Waals surface area contributed by atoms with Crippen LogP contribution in [0.4, 0.5) is 0 Å². The van der Waals surface area contributed by atoms with Crippen molar-refractivity contribution in [3.63, 3.8) is 0 Å². The molecule has 2 heteroatoms. The highest BCUT2D eigenvalue weighted by Gasteiger charge is 2.23. The maximum Gasteiger partial charge on any atom is 0.118 e. The van der Waals surface area contributed by atoms with Gasteiger partial charge in [0, 0.05) is 12.1 Å². The molecule has 0 aliphatic heterocycles. The molecule has 2 rings (SSSR count). The molecule has 3 unspecified atom stereocenters. The minimum atomic E-state index is 0.478. The van der Waals surface area contributed by atoms with E-state index < -0.39 is 0 Å². The van der Waals surface area contributed by atoms with Crippen molar-refractivity contribution in [3.8, 4) is 5.75 Å². The molecule has 3 atom stereocenters. The molecule has 0 heterocycles. The Balaban J connectivity index is 1.98. The summed E-state index contributed by atoms with van der Waals surface area (Å²) in [6, 6.07) is 9.64. The zero-order valence-corrected chi connectivity index (χ0v) is 11.8. The van der Waals surface area contributed by atoms with Gasteiger partial charge in [0.25, 0.3) is 0 Å². The summed E-state index contributed by atoms with van der Waals surface area (Å²) in [5.74, 6) is 1.82. The van der Waals surface area contributed by atoms with Crippen molar-refractivity contribution in [2.75, 3.05) is 7.11 Å². The fourth-order valence-corrected chi connectivity index (χ4v) is 2.93. The molecule has 0 bridgehead atoms. The molecule has 1 N–H and O–H groups in total. The molecule has 1 fully saturated rings. The summed E-state index contributed by atoms with van der Waals surface area (Å²) in [6.07, 6.45) is 5.16. The Morgan fingerprint density at radius 2 is 2.00 bits per heavy atom. The molecule has 0 aromatic heterocycles. The van der Waals surface area contributed by atoms with Crippen molar-refractivity contribution in [2.24, 2.45) is 5.92 Å². The molecule has 1 aromatic rings. The van der Waals surface area contributed by atoms with Gasteiger partial charge in [0.2, 0.25) is 0 Å². The topological polar surface area (TPSA) is 21.3 Å². The van der Waals surface area contributed by atoms with Crippen molar-refractivity contribution in [1.29, 1.82) is 0 Å². The van der Waals surface area contributed by atoms with Gasteiger partial charge < -0.3 is 10.1 Å². The number of ether oxygens (including phenoxy) is 1. The van der Waals surface area contributed by atoms with Gasteiger partial charge in [-0.05, 0) is 49.3 Å². The molecule has 1 saturated carbocycles. The minimum Gasteiger partial charge on any atom is -0.497 e. The van der Waals surface area contributed by atoms with Gasteiger partial charge in [-0.15, -0.1) is 0 Å². The normalized spacial score (nSPS) is 25.1. The van der Waals surface area contributed by atoms with E-state index in [0.29, 0.717) is 12.1 Å². The van der Waals surface area contributed by atoms with Crippen LogP contribution >= 0.6 is 0 Å². The quantitative estimate of drug-likeness (QED) is 0.851. The van der Waals surface area contributed by atoms with Crippen LogP contribution in [0.3, 0.4) is 0 Å². The summed E-state index contributed by atoms with van der Waals surface area (Å²) in [4.78, 5) is 0.